The van der Waals surface area contributed by atoms with Gasteiger partial charge in [0.2, 0.25) is 0 Å². The van der Waals surface area contributed by atoms with Crippen LogP contribution in [-0.4, -0.2) is 9.78 Å². The number of hydrogen-bond donors (Lipinski definition) is 1. The van der Waals surface area contributed by atoms with E-state index >= 15 is 0 Å². The molecule has 0 saturated carbocycles. The molecule has 2 N–H and O–H groups in total. The lowest BCUT2D eigenvalue weighted by Crippen LogP contribution is -2.00. The SMILES string of the molecule is Cn1ncc2c(Br)ccc(CN)c21. The molecule has 68 valence electrons. The van der Waals surface area contributed by atoms with Crippen LogP contribution >= 0.6 is 15.9 Å². The first-order chi connectivity index (χ1) is 6.24. The Morgan fingerprint density at radius 3 is 3.00 bits per heavy atom. The molecule has 0 bridgehead atoms. The number of halogens is 1. The predicted molar refractivity (Wildman–Crippen MR) is 56.3 cm³/mol. The first-order valence-corrected chi connectivity index (χ1v) is 4.82. The Morgan fingerprint density at radius 2 is 2.31 bits per heavy atom. The third-order valence-electron chi connectivity index (χ3n) is 2.15. The minimum atomic E-state index is 0.545. The van der Waals surface area contributed by atoms with Gasteiger partial charge in [-0.05, 0) is 11.6 Å². The summed E-state index contributed by atoms with van der Waals surface area (Å²) >= 11 is 3.48. The summed E-state index contributed by atoms with van der Waals surface area (Å²) in [5.74, 6) is 0. The first-order valence-electron chi connectivity index (χ1n) is 4.03. The van der Waals surface area contributed by atoms with Crippen LogP contribution in [0.1, 0.15) is 5.56 Å². The van der Waals surface area contributed by atoms with Gasteiger partial charge in [-0.2, -0.15) is 5.10 Å². The number of benzene rings is 1. The zero-order valence-corrected chi connectivity index (χ0v) is 8.87. The molecule has 2 rings (SSSR count). The Balaban J connectivity index is 2.88. The van der Waals surface area contributed by atoms with Crippen LogP contribution in [-0.2, 0) is 13.6 Å². The summed E-state index contributed by atoms with van der Waals surface area (Å²) in [4.78, 5) is 0. The number of nitrogens with two attached hydrogens (primary N) is 1. The van der Waals surface area contributed by atoms with E-state index in [4.69, 9.17) is 5.73 Å². The lowest BCUT2D eigenvalue weighted by molar-refractivity contribution is 0.791. The van der Waals surface area contributed by atoms with Crippen LogP contribution in [0.4, 0.5) is 0 Å². The summed E-state index contributed by atoms with van der Waals surface area (Å²) < 4.78 is 2.91. The van der Waals surface area contributed by atoms with E-state index < -0.39 is 0 Å². The van der Waals surface area contributed by atoms with Crippen molar-refractivity contribution in [3.05, 3.63) is 28.4 Å². The second kappa shape index (κ2) is 3.12. The molecule has 0 aliphatic heterocycles. The van der Waals surface area contributed by atoms with Gasteiger partial charge in [0.15, 0.2) is 0 Å². The molecule has 1 heterocycles. The van der Waals surface area contributed by atoms with Crippen LogP contribution in [0.15, 0.2) is 22.8 Å². The fourth-order valence-electron chi connectivity index (χ4n) is 1.50. The Hall–Kier alpha value is -0.870. The van der Waals surface area contributed by atoms with Crippen molar-refractivity contribution in [2.75, 3.05) is 0 Å². The number of fused-ring (bicyclic) bond motifs is 1. The normalized spacial score (nSPS) is 11.0. The summed E-state index contributed by atoms with van der Waals surface area (Å²) in [6, 6.07) is 4.03. The molecule has 2 aromatic rings. The van der Waals surface area contributed by atoms with E-state index in [2.05, 4.69) is 21.0 Å². The van der Waals surface area contributed by atoms with Gasteiger partial charge in [-0.3, -0.25) is 4.68 Å². The molecular weight excluding hydrogens is 230 g/mol. The molecule has 0 aliphatic rings. The minimum Gasteiger partial charge on any atom is -0.326 e. The highest BCUT2D eigenvalue weighted by Gasteiger charge is 2.07. The van der Waals surface area contributed by atoms with Gasteiger partial charge in [-0.1, -0.05) is 22.0 Å². The predicted octanol–water partition coefficient (Wildman–Crippen LogP) is 1.79. The highest BCUT2D eigenvalue weighted by molar-refractivity contribution is 9.10. The number of aryl methyl sites for hydroxylation is 1. The van der Waals surface area contributed by atoms with Crippen molar-refractivity contribution in [1.82, 2.24) is 9.78 Å². The highest BCUT2D eigenvalue weighted by atomic mass is 79.9. The van der Waals surface area contributed by atoms with Gasteiger partial charge in [0.1, 0.15) is 0 Å². The molecular formula is C9H10BrN3. The summed E-state index contributed by atoms with van der Waals surface area (Å²) in [6.45, 7) is 0.545. The topological polar surface area (TPSA) is 43.8 Å². The third-order valence-corrected chi connectivity index (χ3v) is 2.84. The Morgan fingerprint density at radius 1 is 1.54 bits per heavy atom. The molecule has 3 nitrogen and oxygen atoms in total. The number of hydrogen-bond acceptors (Lipinski definition) is 2. The summed E-state index contributed by atoms with van der Waals surface area (Å²) in [6.07, 6.45) is 1.85. The lowest BCUT2D eigenvalue weighted by Gasteiger charge is -2.02. The molecule has 0 unspecified atom stereocenters. The van der Waals surface area contributed by atoms with Crippen molar-refractivity contribution in [1.29, 1.82) is 0 Å². The Kier molecular flexibility index (Phi) is 2.09. The smallest absolute Gasteiger partial charge is 0.0735 e. The van der Waals surface area contributed by atoms with E-state index in [0.717, 1.165) is 20.9 Å². The monoisotopic (exact) mass is 239 g/mol. The largest absolute Gasteiger partial charge is 0.326 e. The first kappa shape index (κ1) is 8.72. The van der Waals surface area contributed by atoms with E-state index in [-0.39, 0.29) is 0 Å². The van der Waals surface area contributed by atoms with Crippen LogP contribution in [0.5, 0.6) is 0 Å². The van der Waals surface area contributed by atoms with Crippen molar-refractivity contribution in [3.8, 4) is 0 Å². The quantitative estimate of drug-likeness (QED) is 0.825. The summed E-state index contributed by atoms with van der Waals surface area (Å²) in [5, 5.41) is 5.31. The van der Waals surface area contributed by atoms with E-state index in [9.17, 15) is 0 Å². The van der Waals surface area contributed by atoms with E-state index in [1.807, 2.05) is 30.1 Å². The maximum atomic E-state index is 5.64. The maximum Gasteiger partial charge on any atom is 0.0735 e. The number of nitrogens with zero attached hydrogens (tertiary/aromatic N) is 2. The van der Waals surface area contributed by atoms with Gasteiger partial charge < -0.3 is 5.73 Å². The second-order valence-electron chi connectivity index (χ2n) is 2.94. The van der Waals surface area contributed by atoms with Crippen molar-refractivity contribution >= 4 is 26.8 Å². The van der Waals surface area contributed by atoms with Crippen LogP contribution < -0.4 is 5.73 Å². The van der Waals surface area contributed by atoms with Gasteiger partial charge in [-0.15, -0.1) is 0 Å². The molecule has 13 heavy (non-hydrogen) atoms. The van der Waals surface area contributed by atoms with Gasteiger partial charge in [-0.25, -0.2) is 0 Å². The zero-order valence-electron chi connectivity index (χ0n) is 7.29. The molecule has 0 aliphatic carbocycles. The van der Waals surface area contributed by atoms with Crippen molar-refractivity contribution in [3.63, 3.8) is 0 Å². The molecule has 0 amide bonds. The van der Waals surface area contributed by atoms with Crippen LogP contribution in [0.25, 0.3) is 10.9 Å². The average Bonchev–Trinajstić information content (AvgIpc) is 2.51. The highest BCUT2D eigenvalue weighted by Crippen LogP contribution is 2.25. The molecule has 4 heteroatoms. The fraction of sp³-hybridized carbons (Fsp3) is 0.222. The summed E-state index contributed by atoms with van der Waals surface area (Å²) in [7, 11) is 1.92. The van der Waals surface area contributed by atoms with E-state index in [0.29, 0.717) is 6.54 Å². The van der Waals surface area contributed by atoms with Crippen LogP contribution in [0.2, 0.25) is 0 Å². The van der Waals surface area contributed by atoms with Gasteiger partial charge in [0.25, 0.3) is 0 Å². The van der Waals surface area contributed by atoms with E-state index in [1.54, 1.807) is 0 Å². The van der Waals surface area contributed by atoms with Crippen LogP contribution in [0, 0.1) is 0 Å². The third kappa shape index (κ3) is 1.26. The summed E-state index contributed by atoms with van der Waals surface area (Å²) in [5.41, 5.74) is 7.87. The second-order valence-corrected chi connectivity index (χ2v) is 3.80. The maximum absolute atomic E-state index is 5.64. The van der Waals surface area contributed by atoms with Crippen molar-refractivity contribution < 1.29 is 0 Å². The van der Waals surface area contributed by atoms with Crippen molar-refractivity contribution in [2.24, 2.45) is 12.8 Å². The molecule has 1 aromatic heterocycles. The van der Waals surface area contributed by atoms with Crippen LogP contribution in [0.3, 0.4) is 0 Å². The Labute approximate surface area is 84.7 Å². The average molecular weight is 240 g/mol. The number of rotatable bonds is 1. The Bertz CT molecular complexity index is 447. The molecule has 0 spiro atoms. The van der Waals surface area contributed by atoms with E-state index in [1.165, 1.54) is 0 Å². The molecule has 0 radical (unpaired) electrons. The lowest BCUT2D eigenvalue weighted by atomic mass is 10.1. The fourth-order valence-corrected chi connectivity index (χ4v) is 1.92. The van der Waals surface area contributed by atoms with Gasteiger partial charge >= 0.3 is 0 Å². The van der Waals surface area contributed by atoms with Crippen molar-refractivity contribution in [2.45, 2.75) is 6.54 Å². The van der Waals surface area contributed by atoms with Gasteiger partial charge in [0, 0.05) is 23.5 Å². The molecule has 0 atom stereocenters. The molecule has 0 fully saturated rings. The molecule has 1 aromatic carbocycles. The standard InChI is InChI=1S/C9H10BrN3/c1-13-9-6(4-11)2-3-8(10)7(9)5-12-13/h2-3,5H,4,11H2,1H3. The number of aromatic nitrogens is 2. The zero-order chi connectivity index (χ0) is 9.42. The molecule has 0 saturated heterocycles. The minimum absolute atomic E-state index is 0.545. The van der Waals surface area contributed by atoms with Gasteiger partial charge in [0.05, 0.1) is 11.7 Å².